The molecule has 1 aliphatic heterocycles. The van der Waals surface area contributed by atoms with Gasteiger partial charge in [0.15, 0.2) is 10.4 Å². The Balaban J connectivity index is 1.97. The minimum Gasteiger partial charge on any atom is -0.328 e. The Morgan fingerprint density at radius 2 is 2.15 bits per heavy atom. The lowest BCUT2D eigenvalue weighted by molar-refractivity contribution is 0.416. The number of imidazole rings is 1. The maximum atomic E-state index is 5.54. The van der Waals surface area contributed by atoms with Crippen molar-refractivity contribution in [2.24, 2.45) is 13.0 Å². The van der Waals surface area contributed by atoms with Crippen LogP contribution in [0.15, 0.2) is 0 Å². The van der Waals surface area contributed by atoms with E-state index in [1.807, 2.05) is 11.7 Å². The Labute approximate surface area is 128 Å². The first-order valence-electron chi connectivity index (χ1n) is 7.42. The second kappa shape index (κ2) is 5.93. The van der Waals surface area contributed by atoms with Gasteiger partial charge in [-0.05, 0) is 48.9 Å². The molecule has 0 saturated carbocycles. The van der Waals surface area contributed by atoms with Crippen LogP contribution in [0.25, 0.3) is 11.2 Å². The summed E-state index contributed by atoms with van der Waals surface area (Å²) >= 11 is 7.61. The van der Waals surface area contributed by atoms with Crippen LogP contribution in [0, 0.1) is 10.7 Å². The number of H-pyrrole nitrogens is 1. The smallest absolute Gasteiger partial charge is 0.179 e. The second-order valence-electron chi connectivity index (χ2n) is 5.62. The van der Waals surface area contributed by atoms with Gasteiger partial charge in [-0.3, -0.25) is 4.68 Å². The van der Waals surface area contributed by atoms with Crippen molar-refractivity contribution in [3.63, 3.8) is 0 Å². The molecule has 6 heteroatoms. The molecule has 1 saturated heterocycles. The highest BCUT2D eigenvalue weighted by Crippen LogP contribution is 2.26. The molecule has 20 heavy (non-hydrogen) atoms. The van der Waals surface area contributed by atoms with Crippen LogP contribution in [0.2, 0.25) is 0 Å². The van der Waals surface area contributed by atoms with E-state index in [9.17, 15) is 0 Å². The third-order valence-electron chi connectivity index (χ3n) is 4.09. The standard InChI is InChI=1S/C14H22N4S2/c1-3-4-11-12-13(17(2)16-11)18(14(19)15-12)9-10-5-7-20-8-6-10/h10H,3-9H2,1-2H3,(H,15,19). The number of hydrogen-bond acceptors (Lipinski definition) is 3. The van der Waals surface area contributed by atoms with Crippen molar-refractivity contribution in [3.8, 4) is 0 Å². The zero-order valence-electron chi connectivity index (χ0n) is 12.2. The number of nitrogens with one attached hydrogen (secondary N) is 1. The minimum absolute atomic E-state index is 0.756. The fourth-order valence-corrected chi connectivity index (χ4v) is 4.51. The Bertz CT molecular complexity index is 646. The van der Waals surface area contributed by atoms with Gasteiger partial charge in [0, 0.05) is 13.6 Å². The van der Waals surface area contributed by atoms with E-state index in [0.717, 1.165) is 46.9 Å². The van der Waals surface area contributed by atoms with Crippen molar-refractivity contribution < 1.29 is 0 Å². The van der Waals surface area contributed by atoms with Gasteiger partial charge in [-0.15, -0.1) is 0 Å². The van der Waals surface area contributed by atoms with Crippen LogP contribution in [0.5, 0.6) is 0 Å². The normalized spacial score (nSPS) is 17.1. The minimum atomic E-state index is 0.756. The lowest BCUT2D eigenvalue weighted by atomic mass is 10.0. The Kier molecular flexibility index (Phi) is 4.21. The summed E-state index contributed by atoms with van der Waals surface area (Å²) in [7, 11) is 2.03. The van der Waals surface area contributed by atoms with Crippen LogP contribution in [-0.4, -0.2) is 30.8 Å². The molecule has 0 amide bonds. The van der Waals surface area contributed by atoms with E-state index in [1.54, 1.807) is 0 Å². The summed E-state index contributed by atoms with van der Waals surface area (Å²) < 4.78 is 5.10. The topological polar surface area (TPSA) is 38.5 Å². The molecule has 3 heterocycles. The number of thioether (sulfide) groups is 1. The number of fused-ring (bicyclic) bond motifs is 1. The molecular formula is C14H22N4S2. The molecule has 1 N–H and O–H groups in total. The van der Waals surface area contributed by atoms with E-state index in [4.69, 9.17) is 12.2 Å². The molecule has 4 nitrogen and oxygen atoms in total. The summed E-state index contributed by atoms with van der Waals surface area (Å²) in [6, 6.07) is 0. The third-order valence-corrected chi connectivity index (χ3v) is 5.46. The number of nitrogens with zero attached hydrogens (tertiary/aromatic N) is 3. The largest absolute Gasteiger partial charge is 0.328 e. The molecule has 0 spiro atoms. The number of rotatable bonds is 4. The maximum absolute atomic E-state index is 5.54. The number of aromatic nitrogens is 4. The molecule has 1 aliphatic rings. The summed E-state index contributed by atoms with van der Waals surface area (Å²) in [5.41, 5.74) is 3.45. The van der Waals surface area contributed by atoms with E-state index in [0.29, 0.717) is 0 Å². The average Bonchev–Trinajstić information content (AvgIpc) is 2.91. The van der Waals surface area contributed by atoms with Crippen molar-refractivity contribution in [3.05, 3.63) is 10.5 Å². The molecule has 0 bridgehead atoms. The maximum Gasteiger partial charge on any atom is 0.179 e. The van der Waals surface area contributed by atoms with Crippen molar-refractivity contribution >= 4 is 35.1 Å². The first-order valence-corrected chi connectivity index (χ1v) is 8.99. The van der Waals surface area contributed by atoms with Gasteiger partial charge in [-0.25, -0.2) is 0 Å². The molecule has 3 rings (SSSR count). The molecule has 0 aromatic carbocycles. The zero-order valence-corrected chi connectivity index (χ0v) is 13.8. The predicted octanol–water partition coefficient (Wildman–Crippen LogP) is 3.53. The number of hydrogen-bond donors (Lipinski definition) is 1. The van der Waals surface area contributed by atoms with Crippen LogP contribution in [-0.2, 0) is 20.0 Å². The molecule has 1 fully saturated rings. The highest BCUT2D eigenvalue weighted by atomic mass is 32.2. The first-order chi connectivity index (χ1) is 9.70. The van der Waals surface area contributed by atoms with Crippen LogP contribution < -0.4 is 0 Å². The van der Waals surface area contributed by atoms with Gasteiger partial charge in [0.25, 0.3) is 0 Å². The quantitative estimate of drug-likeness (QED) is 0.878. The molecule has 2 aromatic heterocycles. The third kappa shape index (κ3) is 2.55. The van der Waals surface area contributed by atoms with Gasteiger partial charge in [-0.1, -0.05) is 13.3 Å². The summed E-state index contributed by atoms with van der Waals surface area (Å²) in [4.78, 5) is 3.38. The molecule has 0 aliphatic carbocycles. The highest BCUT2D eigenvalue weighted by molar-refractivity contribution is 7.99. The average molecular weight is 310 g/mol. The Morgan fingerprint density at radius 3 is 2.85 bits per heavy atom. The van der Waals surface area contributed by atoms with E-state index in [1.165, 1.54) is 24.3 Å². The fourth-order valence-electron chi connectivity index (χ4n) is 3.05. The summed E-state index contributed by atoms with van der Waals surface area (Å²) in [5, 5.41) is 4.65. The lowest BCUT2D eigenvalue weighted by Crippen LogP contribution is -2.17. The number of aryl methyl sites for hydroxylation is 2. The van der Waals surface area contributed by atoms with Crippen LogP contribution in [0.4, 0.5) is 0 Å². The molecule has 0 atom stereocenters. The van der Waals surface area contributed by atoms with Gasteiger partial charge in [0.1, 0.15) is 5.52 Å². The molecule has 110 valence electrons. The van der Waals surface area contributed by atoms with Crippen LogP contribution in [0.1, 0.15) is 31.9 Å². The van der Waals surface area contributed by atoms with Gasteiger partial charge >= 0.3 is 0 Å². The molecule has 0 radical (unpaired) electrons. The second-order valence-corrected chi connectivity index (χ2v) is 7.23. The Hall–Kier alpha value is -0.750. The fraction of sp³-hybridized carbons (Fsp3) is 0.714. The van der Waals surface area contributed by atoms with Gasteiger partial charge in [-0.2, -0.15) is 16.9 Å². The van der Waals surface area contributed by atoms with E-state index in [2.05, 4.69) is 33.3 Å². The molecular weight excluding hydrogens is 288 g/mol. The zero-order chi connectivity index (χ0) is 14.1. The van der Waals surface area contributed by atoms with Crippen LogP contribution >= 0.6 is 24.0 Å². The van der Waals surface area contributed by atoms with Gasteiger partial charge < -0.3 is 9.55 Å². The van der Waals surface area contributed by atoms with Crippen molar-refractivity contribution in [1.82, 2.24) is 19.3 Å². The van der Waals surface area contributed by atoms with Crippen LogP contribution in [0.3, 0.4) is 0 Å². The van der Waals surface area contributed by atoms with E-state index in [-0.39, 0.29) is 0 Å². The molecule has 0 unspecified atom stereocenters. The van der Waals surface area contributed by atoms with E-state index >= 15 is 0 Å². The summed E-state index contributed by atoms with van der Waals surface area (Å²) in [5.74, 6) is 3.34. The first kappa shape index (κ1) is 14.2. The van der Waals surface area contributed by atoms with Gasteiger partial charge in [0.05, 0.1) is 5.69 Å². The highest BCUT2D eigenvalue weighted by Gasteiger charge is 2.19. The Morgan fingerprint density at radius 1 is 1.40 bits per heavy atom. The summed E-state index contributed by atoms with van der Waals surface area (Å²) in [6.07, 6.45) is 4.72. The van der Waals surface area contributed by atoms with Crippen molar-refractivity contribution in [1.29, 1.82) is 0 Å². The van der Waals surface area contributed by atoms with E-state index < -0.39 is 0 Å². The number of aromatic amines is 1. The molecule has 2 aromatic rings. The van der Waals surface area contributed by atoms with Crippen molar-refractivity contribution in [2.45, 2.75) is 39.2 Å². The van der Waals surface area contributed by atoms with Crippen molar-refractivity contribution in [2.75, 3.05) is 11.5 Å². The monoisotopic (exact) mass is 310 g/mol. The van der Waals surface area contributed by atoms with Gasteiger partial charge in [0.2, 0.25) is 0 Å². The lowest BCUT2D eigenvalue weighted by Gasteiger charge is -2.21. The predicted molar refractivity (Wildman–Crippen MR) is 87.9 cm³/mol. The summed E-state index contributed by atoms with van der Waals surface area (Å²) in [6.45, 7) is 3.22. The SMILES string of the molecule is CCCc1nn(C)c2c1[nH]c(=S)n2CC1CCSCC1.